The van der Waals surface area contributed by atoms with E-state index in [1.54, 1.807) is 6.92 Å². The molecule has 0 spiro atoms. The number of halogens is 3. The summed E-state index contributed by atoms with van der Waals surface area (Å²) in [6, 6.07) is 3.77. The van der Waals surface area contributed by atoms with E-state index in [2.05, 4.69) is 9.69 Å². The Morgan fingerprint density at radius 1 is 1.28 bits per heavy atom. The first-order valence-corrected chi connectivity index (χ1v) is 5.58. The average molecular weight is 269 g/mol. The Hall–Kier alpha value is -2.07. The molecule has 1 N–H and O–H groups in total. The van der Waals surface area contributed by atoms with Gasteiger partial charge in [0.05, 0.1) is 11.4 Å². The maximum Gasteiger partial charge on any atom is 0.196 e. The van der Waals surface area contributed by atoms with Gasteiger partial charge in [0.1, 0.15) is 16.6 Å². The van der Waals surface area contributed by atoms with E-state index in [1.165, 1.54) is 0 Å². The first-order chi connectivity index (χ1) is 8.54. The van der Waals surface area contributed by atoms with E-state index in [9.17, 15) is 13.2 Å². The lowest BCUT2D eigenvalue weighted by Crippen LogP contribution is -1.98. The molecule has 0 saturated carbocycles. The average Bonchev–Trinajstić information content (AvgIpc) is 2.70. The first kappa shape index (κ1) is 12.4. The molecule has 0 unspecified atom stereocenters. The van der Waals surface area contributed by atoms with Crippen molar-refractivity contribution in [2.45, 2.75) is 6.92 Å². The van der Waals surface area contributed by atoms with Gasteiger partial charge in [0.2, 0.25) is 0 Å². The number of aryl methyl sites for hydroxylation is 1. The SMILES string of the molecule is Cc1nsc(Nc2ccc(F)c(F)c2F)c1C#N. The summed E-state index contributed by atoms with van der Waals surface area (Å²) in [5, 5.41) is 11.7. The zero-order valence-electron chi connectivity index (χ0n) is 9.09. The fourth-order valence-corrected chi connectivity index (χ4v) is 2.09. The molecular formula is C11H6F3N3S. The maximum atomic E-state index is 13.4. The van der Waals surface area contributed by atoms with E-state index in [0.29, 0.717) is 10.7 Å². The zero-order chi connectivity index (χ0) is 13.3. The van der Waals surface area contributed by atoms with Crippen molar-refractivity contribution in [1.82, 2.24) is 4.37 Å². The standard InChI is InChI=1S/C11H6F3N3S/c1-5-6(4-15)11(18-17-5)16-8-3-2-7(12)9(13)10(8)14/h2-3,16H,1H3. The number of aromatic nitrogens is 1. The third-order valence-electron chi connectivity index (χ3n) is 2.26. The Labute approximate surface area is 105 Å². The highest BCUT2D eigenvalue weighted by molar-refractivity contribution is 7.10. The van der Waals surface area contributed by atoms with E-state index in [4.69, 9.17) is 5.26 Å². The minimum atomic E-state index is -1.56. The van der Waals surface area contributed by atoms with Crippen LogP contribution in [0.5, 0.6) is 0 Å². The molecule has 0 atom stereocenters. The molecule has 0 radical (unpaired) electrons. The molecule has 0 aliphatic heterocycles. The van der Waals surface area contributed by atoms with E-state index < -0.39 is 17.5 Å². The second-order valence-electron chi connectivity index (χ2n) is 3.43. The molecule has 0 fully saturated rings. The van der Waals surface area contributed by atoms with Crippen molar-refractivity contribution in [2.75, 3.05) is 5.32 Å². The molecule has 1 aromatic carbocycles. The Morgan fingerprint density at radius 2 is 2.00 bits per heavy atom. The number of benzene rings is 1. The lowest BCUT2D eigenvalue weighted by molar-refractivity contribution is 0.449. The molecular weight excluding hydrogens is 263 g/mol. The van der Waals surface area contributed by atoms with Gasteiger partial charge in [0, 0.05) is 0 Å². The third kappa shape index (κ3) is 2.02. The van der Waals surface area contributed by atoms with E-state index in [0.717, 1.165) is 23.7 Å². The van der Waals surface area contributed by atoms with Crippen molar-refractivity contribution in [1.29, 1.82) is 5.26 Å². The van der Waals surface area contributed by atoms with Gasteiger partial charge in [-0.05, 0) is 30.6 Å². The summed E-state index contributed by atoms with van der Waals surface area (Å²) >= 11 is 0.948. The number of nitriles is 1. The number of hydrogen-bond acceptors (Lipinski definition) is 4. The van der Waals surface area contributed by atoms with Crippen LogP contribution >= 0.6 is 11.5 Å². The highest BCUT2D eigenvalue weighted by Crippen LogP contribution is 2.29. The number of rotatable bonds is 2. The van der Waals surface area contributed by atoms with Gasteiger partial charge < -0.3 is 5.32 Å². The van der Waals surface area contributed by atoms with Crippen molar-refractivity contribution in [3.8, 4) is 6.07 Å². The molecule has 2 rings (SSSR count). The van der Waals surface area contributed by atoms with Gasteiger partial charge in [-0.15, -0.1) is 0 Å². The summed E-state index contributed by atoms with van der Waals surface area (Å²) in [5.74, 6) is -4.15. The molecule has 0 aliphatic rings. The van der Waals surface area contributed by atoms with Crippen molar-refractivity contribution < 1.29 is 13.2 Å². The topological polar surface area (TPSA) is 48.7 Å². The lowest BCUT2D eigenvalue weighted by atomic mass is 10.2. The van der Waals surface area contributed by atoms with Crippen LogP contribution in [-0.2, 0) is 0 Å². The Balaban J connectivity index is 2.41. The second kappa shape index (κ2) is 4.66. The molecule has 2 aromatic rings. The Kier molecular flexibility index (Phi) is 3.21. The molecule has 0 bridgehead atoms. The molecule has 7 heteroatoms. The van der Waals surface area contributed by atoms with Crippen LogP contribution < -0.4 is 5.32 Å². The van der Waals surface area contributed by atoms with Gasteiger partial charge in [-0.25, -0.2) is 13.2 Å². The number of hydrogen-bond donors (Lipinski definition) is 1. The van der Waals surface area contributed by atoms with Gasteiger partial charge >= 0.3 is 0 Å². The van der Waals surface area contributed by atoms with Crippen molar-refractivity contribution in [2.24, 2.45) is 0 Å². The molecule has 0 aliphatic carbocycles. The van der Waals surface area contributed by atoms with Crippen LogP contribution in [-0.4, -0.2) is 4.37 Å². The highest BCUT2D eigenvalue weighted by Gasteiger charge is 2.16. The summed E-state index contributed by atoms with van der Waals surface area (Å²) in [4.78, 5) is 0. The highest BCUT2D eigenvalue weighted by atomic mass is 32.1. The largest absolute Gasteiger partial charge is 0.342 e. The molecule has 18 heavy (non-hydrogen) atoms. The Morgan fingerprint density at radius 3 is 2.67 bits per heavy atom. The molecule has 0 amide bonds. The summed E-state index contributed by atoms with van der Waals surface area (Å²) in [6.45, 7) is 1.63. The fraction of sp³-hybridized carbons (Fsp3) is 0.0909. The maximum absolute atomic E-state index is 13.4. The van der Waals surface area contributed by atoms with Crippen molar-refractivity contribution >= 4 is 22.2 Å². The van der Waals surface area contributed by atoms with Crippen LogP contribution in [0.15, 0.2) is 12.1 Å². The smallest absolute Gasteiger partial charge is 0.196 e. The summed E-state index contributed by atoms with van der Waals surface area (Å²) < 4.78 is 43.1. The van der Waals surface area contributed by atoms with Crippen LogP contribution in [0.3, 0.4) is 0 Å². The monoisotopic (exact) mass is 269 g/mol. The third-order valence-corrected chi connectivity index (χ3v) is 3.11. The minimum Gasteiger partial charge on any atom is -0.342 e. The number of nitrogens with one attached hydrogen (secondary N) is 1. The quantitative estimate of drug-likeness (QED) is 0.849. The predicted molar refractivity (Wildman–Crippen MR) is 61.2 cm³/mol. The molecule has 1 aromatic heterocycles. The van der Waals surface area contributed by atoms with Crippen molar-refractivity contribution in [3.63, 3.8) is 0 Å². The van der Waals surface area contributed by atoms with E-state index in [-0.39, 0.29) is 11.3 Å². The zero-order valence-corrected chi connectivity index (χ0v) is 9.91. The van der Waals surface area contributed by atoms with Crippen molar-refractivity contribution in [3.05, 3.63) is 40.8 Å². The molecule has 1 heterocycles. The minimum absolute atomic E-state index is 0.242. The second-order valence-corrected chi connectivity index (χ2v) is 4.21. The normalized spacial score (nSPS) is 10.2. The van der Waals surface area contributed by atoms with Crippen LogP contribution in [0.25, 0.3) is 0 Å². The van der Waals surface area contributed by atoms with Gasteiger partial charge in [0.25, 0.3) is 0 Å². The lowest BCUT2D eigenvalue weighted by Gasteiger charge is -2.06. The number of anilines is 2. The molecule has 0 saturated heterocycles. The first-order valence-electron chi connectivity index (χ1n) is 4.81. The Bertz CT molecular complexity index is 646. The van der Waals surface area contributed by atoms with Gasteiger partial charge in [0.15, 0.2) is 17.5 Å². The fourth-order valence-electron chi connectivity index (χ4n) is 1.33. The van der Waals surface area contributed by atoms with Gasteiger partial charge in [-0.3, -0.25) is 0 Å². The number of nitrogens with zero attached hydrogens (tertiary/aromatic N) is 2. The van der Waals surface area contributed by atoms with E-state index >= 15 is 0 Å². The van der Waals surface area contributed by atoms with Gasteiger partial charge in [-0.1, -0.05) is 0 Å². The van der Waals surface area contributed by atoms with Gasteiger partial charge in [-0.2, -0.15) is 9.64 Å². The van der Waals surface area contributed by atoms with Crippen LogP contribution in [0, 0.1) is 35.7 Å². The van der Waals surface area contributed by atoms with Crippen LogP contribution in [0.2, 0.25) is 0 Å². The summed E-state index contributed by atoms with van der Waals surface area (Å²) in [5.41, 5.74) is 0.506. The van der Waals surface area contributed by atoms with Crippen LogP contribution in [0.1, 0.15) is 11.3 Å². The van der Waals surface area contributed by atoms with Crippen LogP contribution in [0.4, 0.5) is 23.9 Å². The molecule has 92 valence electrons. The predicted octanol–water partition coefficient (Wildman–Crippen LogP) is 3.48. The molecule has 3 nitrogen and oxygen atoms in total. The van der Waals surface area contributed by atoms with E-state index in [1.807, 2.05) is 6.07 Å². The summed E-state index contributed by atoms with van der Waals surface area (Å²) in [7, 11) is 0. The summed E-state index contributed by atoms with van der Waals surface area (Å²) in [6.07, 6.45) is 0.